The predicted molar refractivity (Wildman–Crippen MR) is 82.0 cm³/mol. The first-order valence-electron chi connectivity index (χ1n) is 7.43. The normalized spacial score (nSPS) is 14.2. The fraction of sp³-hybridized carbons (Fsp3) is 0.312. The standard InChI is InChI=1S/C16H16FN3O3/c17-13-6-2-1-5-11(13)10-20-15(22)12(9-18-16(20)23)14(21)19-7-3-4-8-19/h1-2,5-6,9H,3-4,7-8,10H2,(H,18,23). The Labute approximate surface area is 131 Å². The van der Waals surface area contributed by atoms with Crippen LogP contribution in [0.3, 0.4) is 0 Å². The minimum absolute atomic E-state index is 0.0946. The van der Waals surface area contributed by atoms with E-state index in [-0.39, 0.29) is 17.7 Å². The van der Waals surface area contributed by atoms with Gasteiger partial charge in [0.05, 0.1) is 6.54 Å². The van der Waals surface area contributed by atoms with Crippen LogP contribution in [-0.4, -0.2) is 33.4 Å². The molecule has 0 spiro atoms. The molecule has 1 saturated heterocycles. The first-order valence-corrected chi connectivity index (χ1v) is 7.43. The molecule has 0 bridgehead atoms. The molecule has 0 saturated carbocycles. The molecule has 1 amide bonds. The van der Waals surface area contributed by atoms with Gasteiger partial charge in [-0.3, -0.25) is 14.2 Å². The summed E-state index contributed by atoms with van der Waals surface area (Å²) >= 11 is 0. The van der Waals surface area contributed by atoms with Crippen molar-refractivity contribution in [3.63, 3.8) is 0 Å². The quantitative estimate of drug-likeness (QED) is 0.916. The van der Waals surface area contributed by atoms with Gasteiger partial charge in [0.15, 0.2) is 0 Å². The molecule has 1 aromatic carbocycles. The monoisotopic (exact) mass is 317 g/mol. The Bertz CT molecular complexity index is 850. The van der Waals surface area contributed by atoms with Crippen LogP contribution >= 0.6 is 0 Å². The van der Waals surface area contributed by atoms with E-state index >= 15 is 0 Å². The molecule has 2 aromatic rings. The van der Waals surface area contributed by atoms with Gasteiger partial charge in [-0.15, -0.1) is 0 Å². The summed E-state index contributed by atoms with van der Waals surface area (Å²) in [4.78, 5) is 40.7. The summed E-state index contributed by atoms with van der Waals surface area (Å²) in [5.41, 5.74) is -1.25. The lowest BCUT2D eigenvalue weighted by atomic mass is 10.2. The topological polar surface area (TPSA) is 75.2 Å². The van der Waals surface area contributed by atoms with E-state index in [1.165, 1.54) is 18.2 Å². The van der Waals surface area contributed by atoms with Crippen molar-refractivity contribution >= 4 is 5.91 Å². The van der Waals surface area contributed by atoms with E-state index in [1.807, 2.05) is 0 Å². The second kappa shape index (κ2) is 6.20. The Morgan fingerprint density at radius 3 is 2.57 bits per heavy atom. The molecule has 0 unspecified atom stereocenters. The summed E-state index contributed by atoms with van der Waals surface area (Å²) in [6, 6.07) is 5.90. The molecule has 120 valence electrons. The summed E-state index contributed by atoms with van der Waals surface area (Å²) in [5.74, 6) is -0.902. The third kappa shape index (κ3) is 2.94. The van der Waals surface area contributed by atoms with Gasteiger partial charge in [-0.05, 0) is 18.9 Å². The van der Waals surface area contributed by atoms with Crippen molar-refractivity contribution in [2.75, 3.05) is 13.1 Å². The van der Waals surface area contributed by atoms with E-state index in [0.29, 0.717) is 13.1 Å². The fourth-order valence-corrected chi connectivity index (χ4v) is 2.70. The number of aromatic amines is 1. The number of carbonyl (C=O) groups is 1. The number of hydrogen-bond acceptors (Lipinski definition) is 3. The molecule has 7 heteroatoms. The van der Waals surface area contributed by atoms with Crippen molar-refractivity contribution in [3.05, 3.63) is 68.2 Å². The molecule has 3 rings (SSSR count). The highest BCUT2D eigenvalue weighted by Gasteiger charge is 2.23. The Balaban J connectivity index is 1.99. The zero-order chi connectivity index (χ0) is 16.4. The number of H-pyrrole nitrogens is 1. The third-order valence-corrected chi connectivity index (χ3v) is 3.97. The Kier molecular flexibility index (Phi) is 4.10. The molecule has 1 fully saturated rings. The van der Waals surface area contributed by atoms with Crippen LogP contribution in [0.2, 0.25) is 0 Å². The lowest BCUT2D eigenvalue weighted by Gasteiger charge is -2.15. The number of likely N-dealkylation sites (tertiary alicyclic amines) is 1. The first-order chi connectivity index (χ1) is 11.1. The molecule has 6 nitrogen and oxygen atoms in total. The van der Waals surface area contributed by atoms with Gasteiger partial charge in [0.1, 0.15) is 11.4 Å². The van der Waals surface area contributed by atoms with Crippen LogP contribution in [0.25, 0.3) is 0 Å². The highest BCUT2D eigenvalue weighted by molar-refractivity contribution is 5.93. The third-order valence-electron chi connectivity index (χ3n) is 3.97. The molecule has 0 radical (unpaired) electrons. The van der Waals surface area contributed by atoms with Gasteiger partial charge in [0, 0.05) is 24.8 Å². The molecule has 23 heavy (non-hydrogen) atoms. The summed E-state index contributed by atoms with van der Waals surface area (Å²) in [7, 11) is 0. The van der Waals surface area contributed by atoms with Crippen molar-refractivity contribution in [1.29, 1.82) is 0 Å². The zero-order valence-electron chi connectivity index (χ0n) is 12.4. The van der Waals surface area contributed by atoms with Crippen molar-refractivity contribution < 1.29 is 9.18 Å². The summed E-state index contributed by atoms with van der Waals surface area (Å²) < 4.78 is 14.6. The van der Waals surface area contributed by atoms with Crippen molar-refractivity contribution in [1.82, 2.24) is 14.5 Å². The molecule has 1 aliphatic rings. The molecular formula is C16H16FN3O3. The maximum atomic E-state index is 13.7. The van der Waals surface area contributed by atoms with Crippen molar-refractivity contribution in [3.8, 4) is 0 Å². The maximum Gasteiger partial charge on any atom is 0.328 e. The van der Waals surface area contributed by atoms with Gasteiger partial charge in [-0.2, -0.15) is 0 Å². The number of nitrogens with zero attached hydrogens (tertiary/aromatic N) is 2. The Hall–Kier alpha value is -2.70. The van der Waals surface area contributed by atoms with Crippen LogP contribution < -0.4 is 11.2 Å². The summed E-state index contributed by atoms with van der Waals surface area (Å²) in [6.07, 6.45) is 2.94. The Morgan fingerprint density at radius 2 is 1.87 bits per heavy atom. The van der Waals surface area contributed by atoms with E-state index in [9.17, 15) is 18.8 Å². The van der Waals surface area contributed by atoms with Crippen LogP contribution in [0.4, 0.5) is 4.39 Å². The molecule has 1 aliphatic heterocycles. The average Bonchev–Trinajstić information content (AvgIpc) is 3.07. The molecule has 1 N–H and O–H groups in total. The van der Waals surface area contributed by atoms with Gasteiger partial charge in [-0.1, -0.05) is 18.2 Å². The average molecular weight is 317 g/mol. The van der Waals surface area contributed by atoms with Gasteiger partial charge in [-0.25, -0.2) is 9.18 Å². The maximum absolute atomic E-state index is 13.7. The van der Waals surface area contributed by atoms with Gasteiger partial charge >= 0.3 is 5.69 Å². The number of rotatable bonds is 3. The lowest BCUT2D eigenvalue weighted by molar-refractivity contribution is 0.0789. The smallest absolute Gasteiger partial charge is 0.328 e. The second-order valence-electron chi connectivity index (χ2n) is 5.49. The van der Waals surface area contributed by atoms with E-state index in [1.54, 1.807) is 11.0 Å². The SMILES string of the molecule is O=C(c1c[nH]c(=O)n(Cc2ccccc2F)c1=O)N1CCCC1. The summed E-state index contributed by atoms with van der Waals surface area (Å²) in [6.45, 7) is 0.984. The van der Waals surface area contributed by atoms with E-state index in [0.717, 1.165) is 23.6 Å². The van der Waals surface area contributed by atoms with E-state index in [2.05, 4.69) is 4.98 Å². The summed E-state index contributed by atoms with van der Waals surface area (Å²) in [5, 5.41) is 0. The highest BCUT2D eigenvalue weighted by Crippen LogP contribution is 2.10. The zero-order valence-corrected chi connectivity index (χ0v) is 12.4. The van der Waals surface area contributed by atoms with Crippen molar-refractivity contribution in [2.45, 2.75) is 19.4 Å². The second-order valence-corrected chi connectivity index (χ2v) is 5.49. The van der Waals surface area contributed by atoms with Crippen LogP contribution in [0.15, 0.2) is 40.1 Å². The number of carbonyl (C=O) groups excluding carboxylic acids is 1. The minimum Gasteiger partial charge on any atom is -0.338 e. The number of hydrogen-bond donors (Lipinski definition) is 1. The molecule has 0 atom stereocenters. The predicted octanol–water partition coefficient (Wildman–Crippen LogP) is 0.960. The lowest BCUT2D eigenvalue weighted by Crippen LogP contribution is -2.41. The van der Waals surface area contributed by atoms with Crippen LogP contribution in [-0.2, 0) is 6.54 Å². The molecule has 0 aliphatic carbocycles. The van der Waals surface area contributed by atoms with Gasteiger partial charge in [0.25, 0.3) is 11.5 Å². The van der Waals surface area contributed by atoms with Crippen LogP contribution in [0.1, 0.15) is 28.8 Å². The fourth-order valence-electron chi connectivity index (χ4n) is 2.70. The van der Waals surface area contributed by atoms with Gasteiger partial charge in [0.2, 0.25) is 0 Å². The Morgan fingerprint density at radius 1 is 1.17 bits per heavy atom. The van der Waals surface area contributed by atoms with E-state index in [4.69, 9.17) is 0 Å². The molecule has 1 aromatic heterocycles. The van der Waals surface area contributed by atoms with Crippen LogP contribution in [0, 0.1) is 5.82 Å². The van der Waals surface area contributed by atoms with Gasteiger partial charge < -0.3 is 9.88 Å². The number of benzene rings is 1. The molecule has 2 heterocycles. The molecular weight excluding hydrogens is 301 g/mol. The number of amides is 1. The van der Waals surface area contributed by atoms with Crippen molar-refractivity contribution in [2.24, 2.45) is 0 Å². The minimum atomic E-state index is -0.700. The number of nitrogens with one attached hydrogen (secondary N) is 1. The first kappa shape index (κ1) is 15.2. The number of aromatic nitrogens is 2. The van der Waals surface area contributed by atoms with Crippen LogP contribution in [0.5, 0.6) is 0 Å². The van der Waals surface area contributed by atoms with E-state index < -0.39 is 23.0 Å². The highest BCUT2D eigenvalue weighted by atomic mass is 19.1. The number of halogens is 1. The largest absolute Gasteiger partial charge is 0.338 e.